The molecule has 0 aliphatic heterocycles. The van der Waals surface area contributed by atoms with Gasteiger partial charge in [-0.15, -0.1) is 11.3 Å². The SMILES string of the molecule is OC(Nc1nc(C#Cc2ccccc2)cs1)c1cccn1Cc1ccncc1. The third-order valence-electron chi connectivity index (χ3n) is 4.12. The van der Waals surface area contributed by atoms with E-state index in [1.807, 2.05) is 70.7 Å². The van der Waals surface area contributed by atoms with E-state index in [0.29, 0.717) is 17.4 Å². The van der Waals surface area contributed by atoms with Gasteiger partial charge in [0.1, 0.15) is 5.69 Å². The molecule has 1 unspecified atom stereocenters. The molecule has 0 aliphatic rings. The van der Waals surface area contributed by atoms with Gasteiger partial charge in [0.25, 0.3) is 0 Å². The first kappa shape index (κ1) is 18.0. The predicted octanol–water partition coefficient (Wildman–Crippen LogP) is 3.89. The van der Waals surface area contributed by atoms with Gasteiger partial charge in [0.15, 0.2) is 11.4 Å². The maximum absolute atomic E-state index is 10.6. The van der Waals surface area contributed by atoms with Gasteiger partial charge < -0.3 is 15.0 Å². The van der Waals surface area contributed by atoms with Crippen LogP contribution in [0.15, 0.2) is 78.6 Å². The van der Waals surface area contributed by atoms with Crippen LogP contribution in [0.25, 0.3) is 0 Å². The van der Waals surface area contributed by atoms with E-state index in [4.69, 9.17) is 0 Å². The summed E-state index contributed by atoms with van der Waals surface area (Å²) < 4.78 is 2.00. The normalized spacial score (nSPS) is 11.5. The summed E-state index contributed by atoms with van der Waals surface area (Å²) in [6.45, 7) is 0.662. The zero-order valence-corrected chi connectivity index (χ0v) is 15.8. The van der Waals surface area contributed by atoms with E-state index in [2.05, 4.69) is 27.1 Å². The summed E-state index contributed by atoms with van der Waals surface area (Å²) in [5.74, 6) is 6.14. The lowest BCUT2D eigenvalue weighted by Crippen LogP contribution is -2.15. The number of aliphatic hydroxyl groups is 1. The number of pyridine rings is 1. The molecule has 0 bridgehead atoms. The summed E-state index contributed by atoms with van der Waals surface area (Å²) >= 11 is 1.42. The minimum atomic E-state index is -0.863. The molecule has 6 heteroatoms. The molecule has 138 valence electrons. The molecular formula is C22H18N4OS. The third-order valence-corrected chi connectivity index (χ3v) is 4.89. The van der Waals surface area contributed by atoms with Gasteiger partial charge in [-0.25, -0.2) is 4.98 Å². The van der Waals surface area contributed by atoms with Crippen LogP contribution in [0.5, 0.6) is 0 Å². The van der Waals surface area contributed by atoms with Crippen molar-refractivity contribution >= 4 is 16.5 Å². The average Bonchev–Trinajstić information content (AvgIpc) is 3.37. The maximum atomic E-state index is 10.6. The van der Waals surface area contributed by atoms with Crippen molar-refractivity contribution in [2.24, 2.45) is 0 Å². The summed E-state index contributed by atoms with van der Waals surface area (Å²) in [4.78, 5) is 8.48. The number of nitrogens with zero attached hydrogens (tertiary/aromatic N) is 3. The van der Waals surface area contributed by atoms with Gasteiger partial charge in [0.05, 0.1) is 5.69 Å². The molecule has 4 aromatic rings. The average molecular weight is 386 g/mol. The quantitative estimate of drug-likeness (QED) is 0.403. The summed E-state index contributed by atoms with van der Waals surface area (Å²) in [6.07, 6.45) is 4.61. The first-order valence-electron chi connectivity index (χ1n) is 8.79. The number of nitrogens with one attached hydrogen (secondary N) is 1. The summed E-state index contributed by atoms with van der Waals surface area (Å²) in [7, 11) is 0. The van der Waals surface area contributed by atoms with E-state index in [-0.39, 0.29) is 0 Å². The molecule has 4 rings (SSSR count). The number of anilines is 1. The molecule has 0 saturated heterocycles. The Labute approximate surface area is 167 Å². The molecule has 0 spiro atoms. The molecule has 1 atom stereocenters. The molecule has 0 amide bonds. The van der Waals surface area contributed by atoms with E-state index in [1.54, 1.807) is 12.4 Å². The summed E-state index contributed by atoms with van der Waals surface area (Å²) in [6, 6.07) is 17.5. The van der Waals surface area contributed by atoms with Crippen molar-refractivity contribution in [1.29, 1.82) is 0 Å². The molecule has 0 saturated carbocycles. The Morgan fingerprint density at radius 3 is 2.68 bits per heavy atom. The second-order valence-corrected chi connectivity index (χ2v) is 6.98. The number of aliphatic hydroxyl groups excluding tert-OH is 1. The monoisotopic (exact) mass is 386 g/mol. The van der Waals surface area contributed by atoms with Crippen LogP contribution in [0.4, 0.5) is 5.13 Å². The van der Waals surface area contributed by atoms with Crippen LogP contribution in [0, 0.1) is 11.8 Å². The topological polar surface area (TPSA) is 63.0 Å². The highest BCUT2D eigenvalue weighted by Crippen LogP contribution is 2.22. The highest BCUT2D eigenvalue weighted by molar-refractivity contribution is 7.13. The maximum Gasteiger partial charge on any atom is 0.186 e. The molecule has 1 aromatic carbocycles. The zero-order chi connectivity index (χ0) is 19.2. The van der Waals surface area contributed by atoms with Crippen molar-refractivity contribution in [2.75, 3.05) is 5.32 Å². The van der Waals surface area contributed by atoms with Crippen molar-refractivity contribution in [3.05, 3.63) is 101 Å². The molecule has 28 heavy (non-hydrogen) atoms. The Balaban J connectivity index is 1.44. The van der Waals surface area contributed by atoms with Gasteiger partial charge in [-0.3, -0.25) is 4.98 Å². The summed E-state index contributed by atoms with van der Waals surface area (Å²) in [5, 5.41) is 16.2. The largest absolute Gasteiger partial charge is 0.368 e. The molecule has 2 N–H and O–H groups in total. The van der Waals surface area contributed by atoms with Crippen LogP contribution < -0.4 is 5.32 Å². The van der Waals surface area contributed by atoms with Crippen molar-refractivity contribution in [2.45, 2.75) is 12.8 Å². The lowest BCUT2D eigenvalue weighted by atomic mass is 10.2. The van der Waals surface area contributed by atoms with Crippen LogP contribution in [-0.2, 0) is 6.54 Å². The minimum Gasteiger partial charge on any atom is -0.368 e. The highest BCUT2D eigenvalue weighted by atomic mass is 32.1. The van der Waals surface area contributed by atoms with Crippen molar-refractivity contribution < 1.29 is 5.11 Å². The fourth-order valence-electron chi connectivity index (χ4n) is 2.75. The van der Waals surface area contributed by atoms with Crippen LogP contribution in [0.3, 0.4) is 0 Å². The second kappa shape index (κ2) is 8.53. The highest BCUT2D eigenvalue weighted by Gasteiger charge is 2.13. The van der Waals surface area contributed by atoms with E-state index in [1.165, 1.54) is 11.3 Å². The smallest absolute Gasteiger partial charge is 0.186 e. The Morgan fingerprint density at radius 2 is 1.86 bits per heavy atom. The van der Waals surface area contributed by atoms with Crippen LogP contribution in [0.1, 0.15) is 28.7 Å². The predicted molar refractivity (Wildman–Crippen MR) is 111 cm³/mol. The molecule has 0 fully saturated rings. The Morgan fingerprint density at radius 1 is 1.04 bits per heavy atom. The van der Waals surface area contributed by atoms with E-state index >= 15 is 0 Å². The molecule has 3 aromatic heterocycles. The van der Waals surface area contributed by atoms with Crippen LogP contribution in [0.2, 0.25) is 0 Å². The van der Waals surface area contributed by atoms with Crippen molar-refractivity contribution in [3.63, 3.8) is 0 Å². The fraction of sp³-hybridized carbons (Fsp3) is 0.0909. The van der Waals surface area contributed by atoms with Gasteiger partial charge in [0.2, 0.25) is 0 Å². The van der Waals surface area contributed by atoms with E-state index < -0.39 is 6.23 Å². The van der Waals surface area contributed by atoms with E-state index in [0.717, 1.165) is 16.8 Å². The number of thiazole rings is 1. The second-order valence-electron chi connectivity index (χ2n) is 6.12. The van der Waals surface area contributed by atoms with Gasteiger partial charge in [0, 0.05) is 36.1 Å². The van der Waals surface area contributed by atoms with Crippen molar-refractivity contribution in [1.82, 2.24) is 14.5 Å². The Kier molecular flexibility index (Phi) is 5.48. The zero-order valence-electron chi connectivity index (χ0n) is 15.0. The molecule has 3 heterocycles. The Bertz CT molecular complexity index is 1090. The first-order valence-corrected chi connectivity index (χ1v) is 9.67. The number of hydrogen-bond donors (Lipinski definition) is 2. The van der Waals surface area contributed by atoms with Crippen molar-refractivity contribution in [3.8, 4) is 11.8 Å². The molecular weight excluding hydrogens is 368 g/mol. The van der Waals surface area contributed by atoms with Crippen LogP contribution >= 0.6 is 11.3 Å². The third kappa shape index (κ3) is 4.46. The standard InChI is InChI=1S/C22H18N4OS/c27-21(20-7-4-14-26(20)15-18-10-12-23-13-11-18)25-22-24-19(16-28-22)9-8-17-5-2-1-3-6-17/h1-7,10-14,16,21,27H,15H2,(H,24,25). The Hall–Kier alpha value is -3.40. The van der Waals surface area contributed by atoms with Gasteiger partial charge >= 0.3 is 0 Å². The van der Waals surface area contributed by atoms with E-state index in [9.17, 15) is 5.11 Å². The number of hydrogen-bond acceptors (Lipinski definition) is 5. The van der Waals surface area contributed by atoms with Gasteiger partial charge in [-0.05, 0) is 47.9 Å². The summed E-state index contributed by atoms with van der Waals surface area (Å²) in [5.41, 5.74) is 3.51. The lowest BCUT2D eigenvalue weighted by molar-refractivity contribution is 0.198. The first-order chi connectivity index (χ1) is 13.8. The lowest BCUT2D eigenvalue weighted by Gasteiger charge is -2.15. The molecule has 0 radical (unpaired) electrons. The molecule has 0 aliphatic carbocycles. The van der Waals surface area contributed by atoms with Crippen LogP contribution in [-0.4, -0.2) is 19.6 Å². The van der Waals surface area contributed by atoms with Gasteiger partial charge in [-0.2, -0.15) is 0 Å². The molecule has 5 nitrogen and oxygen atoms in total. The fourth-order valence-corrected chi connectivity index (χ4v) is 3.42. The van der Waals surface area contributed by atoms with Gasteiger partial charge in [-0.1, -0.05) is 24.1 Å². The number of benzene rings is 1. The number of aromatic nitrogens is 3. The number of rotatable bonds is 5. The minimum absolute atomic E-state index is 0.626.